The lowest BCUT2D eigenvalue weighted by atomic mass is 9.72. The van der Waals surface area contributed by atoms with Gasteiger partial charge in [0.15, 0.2) is 0 Å². The van der Waals surface area contributed by atoms with Gasteiger partial charge >= 0.3 is 11.9 Å². The lowest BCUT2D eigenvalue weighted by Crippen LogP contribution is -2.41. The Balaban J connectivity index is 2.35. The SMILES string of the molecule is CCCCCCCCCCC(C)OC(=O)C1CCCC(C)C1C(=O)OC(C)CCCCCCCCCC. The number of carbonyl (C=O) groups excluding carboxylic acids is 2. The highest BCUT2D eigenvalue weighted by atomic mass is 16.6. The highest BCUT2D eigenvalue weighted by Crippen LogP contribution is 2.37. The van der Waals surface area contributed by atoms with Gasteiger partial charge in [-0.05, 0) is 58.3 Å². The van der Waals surface area contributed by atoms with Crippen LogP contribution in [-0.2, 0) is 19.1 Å². The van der Waals surface area contributed by atoms with Gasteiger partial charge in [0.2, 0.25) is 0 Å². The highest BCUT2D eigenvalue weighted by Gasteiger charge is 2.42. The van der Waals surface area contributed by atoms with Crippen LogP contribution in [0.1, 0.15) is 169 Å². The zero-order chi connectivity index (χ0) is 27.3. The van der Waals surface area contributed by atoms with Crippen LogP contribution in [0.3, 0.4) is 0 Å². The molecule has 0 spiro atoms. The molecule has 4 nitrogen and oxygen atoms in total. The molecule has 0 amide bonds. The zero-order valence-corrected chi connectivity index (χ0v) is 25.4. The number of hydrogen-bond acceptors (Lipinski definition) is 4. The largest absolute Gasteiger partial charge is 0.462 e. The second-order valence-electron chi connectivity index (χ2n) is 12.1. The second kappa shape index (κ2) is 21.8. The van der Waals surface area contributed by atoms with E-state index in [-0.39, 0.29) is 41.9 Å². The van der Waals surface area contributed by atoms with E-state index >= 15 is 0 Å². The van der Waals surface area contributed by atoms with Crippen molar-refractivity contribution in [3.63, 3.8) is 0 Å². The minimum absolute atomic E-state index is 0.0811. The van der Waals surface area contributed by atoms with Gasteiger partial charge in [-0.1, -0.05) is 117 Å². The van der Waals surface area contributed by atoms with Gasteiger partial charge in [0.1, 0.15) is 0 Å². The summed E-state index contributed by atoms with van der Waals surface area (Å²) in [5.41, 5.74) is 0. The molecule has 1 fully saturated rings. The standard InChI is InChI=1S/C33H62O4/c1-6-8-10-12-14-16-18-20-24-28(4)36-32(34)30-26-22-23-27(3)31(30)33(35)37-29(5)25-21-19-17-15-13-11-9-7-2/h27-31H,6-26H2,1-5H3. The molecule has 0 heterocycles. The van der Waals surface area contributed by atoms with Crippen molar-refractivity contribution in [2.75, 3.05) is 0 Å². The molecule has 1 rings (SSSR count). The van der Waals surface area contributed by atoms with Crippen molar-refractivity contribution in [3.05, 3.63) is 0 Å². The van der Waals surface area contributed by atoms with E-state index in [1.165, 1.54) is 89.9 Å². The summed E-state index contributed by atoms with van der Waals surface area (Å²) >= 11 is 0. The third kappa shape index (κ3) is 15.8. The van der Waals surface area contributed by atoms with Crippen LogP contribution in [0.4, 0.5) is 0 Å². The molecule has 4 heteroatoms. The molecule has 1 aliphatic rings. The number of carbonyl (C=O) groups is 2. The number of hydrogen-bond donors (Lipinski definition) is 0. The minimum atomic E-state index is -0.363. The van der Waals surface area contributed by atoms with Gasteiger partial charge < -0.3 is 9.47 Å². The number of esters is 2. The molecule has 1 saturated carbocycles. The minimum Gasteiger partial charge on any atom is -0.462 e. The van der Waals surface area contributed by atoms with Crippen molar-refractivity contribution in [2.45, 2.75) is 182 Å². The molecule has 0 aromatic heterocycles. The van der Waals surface area contributed by atoms with E-state index in [9.17, 15) is 9.59 Å². The van der Waals surface area contributed by atoms with Crippen LogP contribution in [0, 0.1) is 17.8 Å². The van der Waals surface area contributed by atoms with E-state index in [1.807, 2.05) is 13.8 Å². The molecule has 1 aliphatic carbocycles. The lowest BCUT2D eigenvalue weighted by molar-refractivity contribution is -0.170. The zero-order valence-electron chi connectivity index (χ0n) is 25.4. The maximum absolute atomic E-state index is 13.2. The van der Waals surface area contributed by atoms with Gasteiger partial charge in [-0.2, -0.15) is 0 Å². The van der Waals surface area contributed by atoms with Gasteiger partial charge in [0.05, 0.1) is 24.0 Å². The molecular weight excluding hydrogens is 460 g/mol. The monoisotopic (exact) mass is 522 g/mol. The molecule has 37 heavy (non-hydrogen) atoms. The fourth-order valence-electron chi connectivity index (χ4n) is 5.89. The Morgan fingerprint density at radius 1 is 0.622 bits per heavy atom. The fraction of sp³-hybridized carbons (Fsp3) is 0.939. The summed E-state index contributed by atoms with van der Waals surface area (Å²) in [4.78, 5) is 26.3. The van der Waals surface area contributed by atoms with Crippen LogP contribution < -0.4 is 0 Å². The number of unbranched alkanes of at least 4 members (excludes halogenated alkanes) is 14. The Hall–Kier alpha value is -1.06. The maximum atomic E-state index is 13.2. The first kappa shape index (κ1) is 34.0. The van der Waals surface area contributed by atoms with Gasteiger partial charge in [-0.25, -0.2) is 0 Å². The Bertz CT molecular complexity index is 575. The lowest BCUT2D eigenvalue weighted by Gasteiger charge is -2.34. The first-order valence-electron chi connectivity index (χ1n) is 16.3. The van der Waals surface area contributed by atoms with Gasteiger partial charge in [0.25, 0.3) is 0 Å². The molecule has 0 bridgehead atoms. The third-order valence-corrected chi connectivity index (χ3v) is 8.36. The van der Waals surface area contributed by atoms with Crippen LogP contribution in [0.25, 0.3) is 0 Å². The van der Waals surface area contributed by atoms with Crippen molar-refractivity contribution < 1.29 is 19.1 Å². The van der Waals surface area contributed by atoms with Crippen molar-refractivity contribution in [3.8, 4) is 0 Å². The van der Waals surface area contributed by atoms with E-state index in [0.29, 0.717) is 0 Å². The van der Waals surface area contributed by atoms with Gasteiger partial charge in [0, 0.05) is 0 Å². The molecular formula is C33H62O4. The fourth-order valence-corrected chi connectivity index (χ4v) is 5.89. The Labute approximate surface area is 230 Å². The third-order valence-electron chi connectivity index (χ3n) is 8.36. The van der Waals surface area contributed by atoms with Gasteiger partial charge in [-0.15, -0.1) is 0 Å². The molecule has 5 unspecified atom stereocenters. The quantitative estimate of drug-likeness (QED) is 0.105. The van der Waals surface area contributed by atoms with Crippen molar-refractivity contribution in [1.29, 1.82) is 0 Å². The van der Waals surface area contributed by atoms with E-state index in [0.717, 1.165) is 44.9 Å². The molecule has 0 aliphatic heterocycles. The molecule has 218 valence electrons. The van der Waals surface area contributed by atoms with Crippen LogP contribution in [-0.4, -0.2) is 24.1 Å². The Kier molecular flexibility index (Phi) is 20.0. The molecule has 0 saturated heterocycles. The first-order valence-corrected chi connectivity index (χ1v) is 16.3. The van der Waals surface area contributed by atoms with Crippen molar-refractivity contribution >= 4 is 11.9 Å². The van der Waals surface area contributed by atoms with Gasteiger partial charge in [-0.3, -0.25) is 9.59 Å². The molecule has 0 radical (unpaired) electrons. The Morgan fingerprint density at radius 3 is 1.49 bits per heavy atom. The summed E-state index contributed by atoms with van der Waals surface area (Å²) in [6.07, 6.45) is 24.8. The molecule has 0 aromatic rings. The molecule has 0 aromatic carbocycles. The van der Waals surface area contributed by atoms with E-state index in [1.54, 1.807) is 0 Å². The Morgan fingerprint density at radius 2 is 1.03 bits per heavy atom. The smallest absolute Gasteiger partial charge is 0.310 e. The van der Waals surface area contributed by atoms with E-state index in [4.69, 9.17) is 9.47 Å². The summed E-state index contributed by atoms with van der Waals surface area (Å²) < 4.78 is 11.7. The molecule has 5 atom stereocenters. The highest BCUT2D eigenvalue weighted by molar-refractivity contribution is 5.82. The van der Waals surface area contributed by atoms with Crippen molar-refractivity contribution in [2.24, 2.45) is 17.8 Å². The summed E-state index contributed by atoms with van der Waals surface area (Å²) in [5, 5.41) is 0. The average molecular weight is 523 g/mol. The summed E-state index contributed by atoms with van der Waals surface area (Å²) in [5.74, 6) is -0.921. The van der Waals surface area contributed by atoms with E-state index in [2.05, 4.69) is 20.8 Å². The maximum Gasteiger partial charge on any atom is 0.310 e. The van der Waals surface area contributed by atoms with Crippen LogP contribution in [0.5, 0.6) is 0 Å². The van der Waals surface area contributed by atoms with E-state index < -0.39 is 0 Å². The first-order chi connectivity index (χ1) is 17.9. The number of ether oxygens (including phenoxy) is 2. The normalized spacial score (nSPS) is 21.4. The van der Waals surface area contributed by atoms with Crippen LogP contribution in [0.15, 0.2) is 0 Å². The summed E-state index contributed by atoms with van der Waals surface area (Å²) in [6, 6.07) is 0. The van der Waals surface area contributed by atoms with Crippen LogP contribution in [0.2, 0.25) is 0 Å². The number of rotatable bonds is 22. The average Bonchev–Trinajstić information content (AvgIpc) is 2.86. The van der Waals surface area contributed by atoms with Crippen LogP contribution >= 0.6 is 0 Å². The topological polar surface area (TPSA) is 52.6 Å². The predicted octanol–water partition coefficient (Wildman–Crippen LogP) is 9.96. The molecule has 0 N–H and O–H groups in total. The summed E-state index contributed by atoms with van der Waals surface area (Å²) in [7, 11) is 0. The van der Waals surface area contributed by atoms with Crippen molar-refractivity contribution in [1.82, 2.24) is 0 Å². The predicted molar refractivity (Wildman–Crippen MR) is 156 cm³/mol. The summed E-state index contributed by atoms with van der Waals surface area (Å²) in [6.45, 7) is 10.6. The second-order valence-corrected chi connectivity index (χ2v) is 12.1.